The van der Waals surface area contributed by atoms with Crippen LogP contribution in [0.15, 0.2) is 42.6 Å². The van der Waals surface area contributed by atoms with Crippen LogP contribution in [-0.4, -0.2) is 20.2 Å². The fourth-order valence-corrected chi connectivity index (χ4v) is 3.55. The van der Waals surface area contributed by atoms with Crippen LogP contribution < -0.4 is 5.32 Å². The van der Waals surface area contributed by atoms with Gasteiger partial charge in [-0.3, -0.25) is 9.78 Å². The summed E-state index contributed by atoms with van der Waals surface area (Å²) >= 11 is 7.25. The van der Waals surface area contributed by atoms with Gasteiger partial charge in [-0.1, -0.05) is 17.7 Å². The lowest BCUT2D eigenvalue weighted by Crippen LogP contribution is -2.26. The van der Waals surface area contributed by atoms with Gasteiger partial charge in [-0.25, -0.2) is 4.98 Å². The molecule has 0 bridgehead atoms. The van der Waals surface area contributed by atoms with Gasteiger partial charge in [0.05, 0.1) is 6.04 Å². The molecule has 0 saturated heterocycles. The van der Waals surface area contributed by atoms with Gasteiger partial charge < -0.3 is 5.32 Å². The number of hydrogen-bond acceptors (Lipinski definition) is 5. The van der Waals surface area contributed by atoms with Gasteiger partial charge in [0, 0.05) is 34.0 Å². The molecule has 0 aliphatic heterocycles. The number of nitrogens with zero attached hydrogens (tertiary/aromatic N) is 3. The number of carbonyl (C=O) groups is 1. The molecule has 2 aromatic heterocycles. The summed E-state index contributed by atoms with van der Waals surface area (Å²) in [5.41, 5.74) is 2.61. The van der Waals surface area contributed by atoms with Gasteiger partial charge in [0.25, 0.3) is 5.91 Å². The van der Waals surface area contributed by atoms with Crippen molar-refractivity contribution in [3.05, 3.63) is 63.9 Å². The molecule has 1 aromatic carbocycles. The van der Waals surface area contributed by atoms with Gasteiger partial charge in [-0.2, -0.15) is 4.37 Å². The summed E-state index contributed by atoms with van der Waals surface area (Å²) in [6, 6.07) is 10.6. The molecule has 132 valence electrons. The van der Waals surface area contributed by atoms with E-state index in [0.717, 1.165) is 16.3 Å². The molecule has 0 radical (unpaired) electrons. The molecule has 7 heteroatoms. The van der Waals surface area contributed by atoms with E-state index in [1.54, 1.807) is 24.3 Å². The summed E-state index contributed by atoms with van der Waals surface area (Å²) in [4.78, 5) is 21.4. The van der Waals surface area contributed by atoms with E-state index in [-0.39, 0.29) is 11.9 Å². The molecule has 1 saturated carbocycles. The number of nitrogens with one attached hydrogen (secondary N) is 1. The summed E-state index contributed by atoms with van der Waals surface area (Å²) < 4.78 is 4.45. The van der Waals surface area contributed by atoms with E-state index >= 15 is 0 Å². The van der Waals surface area contributed by atoms with Gasteiger partial charge in [-0.15, -0.1) is 0 Å². The van der Waals surface area contributed by atoms with E-state index in [0.29, 0.717) is 22.3 Å². The van der Waals surface area contributed by atoms with Crippen molar-refractivity contribution in [2.45, 2.75) is 31.7 Å². The zero-order chi connectivity index (χ0) is 18.1. The minimum atomic E-state index is -0.238. The number of pyridine rings is 1. The molecular weight excluding hydrogens is 368 g/mol. The molecule has 5 nitrogen and oxygen atoms in total. The Morgan fingerprint density at radius 2 is 2.15 bits per heavy atom. The molecule has 1 aliphatic rings. The standard InChI is InChI=1S/C19H17ClN4OS/c1-11(22-18(25)14-3-2-4-15(20)9-14)19-23-17(24-26-19)13-7-8-21-16(10-13)12-5-6-12/h2-4,7-12H,5-6H2,1H3,(H,22,25). The first kappa shape index (κ1) is 17.1. The number of rotatable bonds is 5. The van der Waals surface area contributed by atoms with Crippen molar-refractivity contribution in [1.82, 2.24) is 19.7 Å². The first-order chi connectivity index (χ1) is 12.6. The third-order valence-corrected chi connectivity index (χ3v) is 5.41. The van der Waals surface area contributed by atoms with Crippen LogP contribution in [0, 0.1) is 0 Å². The Balaban J connectivity index is 1.48. The summed E-state index contributed by atoms with van der Waals surface area (Å²) in [5, 5.41) is 4.24. The monoisotopic (exact) mass is 384 g/mol. The van der Waals surface area contributed by atoms with Gasteiger partial charge in [0.1, 0.15) is 5.01 Å². The molecule has 26 heavy (non-hydrogen) atoms. The Morgan fingerprint density at radius 1 is 1.31 bits per heavy atom. The van der Waals surface area contributed by atoms with Crippen molar-refractivity contribution >= 4 is 29.0 Å². The second kappa shape index (κ2) is 7.13. The highest BCUT2D eigenvalue weighted by atomic mass is 35.5. The molecule has 0 spiro atoms. The zero-order valence-electron chi connectivity index (χ0n) is 14.1. The summed E-state index contributed by atoms with van der Waals surface area (Å²) in [5.74, 6) is 1.08. The maximum Gasteiger partial charge on any atom is 0.251 e. The molecule has 1 fully saturated rings. The topological polar surface area (TPSA) is 67.8 Å². The van der Waals surface area contributed by atoms with Crippen molar-refractivity contribution in [3.8, 4) is 11.4 Å². The smallest absolute Gasteiger partial charge is 0.251 e. The van der Waals surface area contributed by atoms with E-state index in [9.17, 15) is 4.79 Å². The van der Waals surface area contributed by atoms with Crippen LogP contribution in [0.1, 0.15) is 52.8 Å². The number of halogens is 1. The van der Waals surface area contributed by atoms with Gasteiger partial charge >= 0.3 is 0 Å². The van der Waals surface area contributed by atoms with E-state index in [1.807, 2.05) is 19.2 Å². The fraction of sp³-hybridized carbons (Fsp3) is 0.263. The third-order valence-electron chi connectivity index (χ3n) is 4.28. The van der Waals surface area contributed by atoms with Crippen molar-refractivity contribution in [1.29, 1.82) is 0 Å². The van der Waals surface area contributed by atoms with Gasteiger partial charge in [-0.05, 0) is 61.6 Å². The highest BCUT2D eigenvalue weighted by Crippen LogP contribution is 2.39. The molecule has 1 N–H and O–H groups in total. The molecule has 1 atom stereocenters. The Kier molecular flexibility index (Phi) is 4.70. The Bertz CT molecular complexity index is 954. The minimum Gasteiger partial charge on any atom is -0.343 e. The van der Waals surface area contributed by atoms with Crippen LogP contribution in [-0.2, 0) is 0 Å². The summed E-state index contributed by atoms with van der Waals surface area (Å²) in [7, 11) is 0. The van der Waals surface area contributed by atoms with Crippen molar-refractivity contribution in [3.63, 3.8) is 0 Å². The average Bonchev–Trinajstić information content (AvgIpc) is 3.38. The highest BCUT2D eigenvalue weighted by molar-refractivity contribution is 7.05. The van der Waals surface area contributed by atoms with Gasteiger partial charge in [0.15, 0.2) is 5.82 Å². The Hall–Kier alpha value is -2.31. The maximum absolute atomic E-state index is 12.4. The van der Waals surface area contributed by atoms with Crippen LogP contribution in [0.25, 0.3) is 11.4 Å². The first-order valence-electron chi connectivity index (χ1n) is 8.46. The lowest BCUT2D eigenvalue weighted by molar-refractivity contribution is 0.0940. The van der Waals surface area contributed by atoms with Crippen LogP contribution >= 0.6 is 23.1 Å². The Morgan fingerprint density at radius 3 is 2.92 bits per heavy atom. The summed E-state index contributed by atoms with van der Waals surface area (Å²) in [6.07, 6.45) is 4.23. The number of hydrogen-bond donors (Lipinski definition) is 1. The number of benzene rings is 1. The SMILES string of the molecule is CC(NC(=O)c1cccc(Cl)c1)c1nc(-c2ccnc(C3CC3)c2)ns1. The first-order valence-corrected chi connectivity index (χ1v) is 9.61. The van der Waals surface area contributed by atoms with E-state index in [1.165, 1.54) is 24.4 Å². The van der Waals surface area contributed by atoms with Crippen LogP contribution in [0.2, 0.25) is 5.02 Å². The number of aromatic nitrogens is 3. The number of carbonyl (C=O) groups excluding carboxylic acids is 1. The van der Waals surface area contributed by atoms with Crippen molar-refractivity contribution in [2.24, 2.45) is 0 Å². The Labute approximate surface area is 160 Å². The molecular formula is C19H17ClN4OS. The van der Waals surface area contributed by atoms with Crippen molar-refractivity contribution < 1.29 is 4.79 Å². The van der Waals surface area contributed by atoms with Crippen LogP contribution in [0.3, 0.4) is 0 Å². The predicted molar refractivity (Wildman–Crippen MR) is 102 cm³/mol. The lowest BCUT2D eigenvalue weighted by atomic mass is 10.1. The third kappa shape index (κ3) is 3.76. The lowest BCUT2D eigenvalue weighted by Gasteiger charge is -2.10. The minimum absolute atomic E-state index is 0.184. The maximum atomic E-state index is 12.4. The number of amides is 1. The quantitative estimate of drug-likeness (QED) is 0.696. The summed E-state index contributed by atoms with van der Waals surface area (Å²) in [6.45, 7) is 1.90. The van der Waals surface area contributed by atoms with E-state index in [4.69, 9.17) is 11.6 Å². The van der Waals surface area contributed by atoms with Crippen LogP contribution in [0.4, 0.5) is 0 Å². The van der Waals surface area contributed by atoms with E-state index in [2.05, 4.69) is 25.7 Å². The fourth-order valence-electron chi connectivity index (χ4n) is 2.69. The molecule has 1 amide bonds. The predicted octanol–water partition coefficient (Wildman–Crippen LogP) is 4.62. The molecule has 1 aliphatic carbocycles. The normalized spacial score (nSPS) is 14.8. The van der Waals surface area contributed by atoms with Gasteiger partial charge in [0.2, 0.25) is 0 Å². The average molecular weight is 385 g/mol. The van der Waals surface area contributed by atoms with Crippen LogP contribution in [0.5, 0.6) is 0 Å². The van der Waals surface area contributed by atoms with Crippen molar-refractivity contribution in [2.75, 3.05) is 0 Å². The molecule has 2 heterocycles. The van der Waals surface area contributed by atoms with E-state index < -0.39 is 0 Å². The molecule has 1 unspecified atom stereocenters. The highest BCUT2D eigenvalue weighted by Gasteiger charge is 2.25. The largest absolute Gasteiger partial charge is 0.343 e. The second-order valence-electron chi connectivity index (χ2n) is 6.41. The zero-order valence-corrected chi connectivity index (χ0v) is 15.7. The second-order valence-corrected chi connectivity index (χ2v) is 7.63. The molecule has 3 aromatic rings. The molecule has 4 rings (SSSR count).